The fraction of sp³-hybridized carbons (Fsp3) is 0.500. The van der Waals surface area contributed by atoms with Gasteiger partial charge in [0.15, 0.2) is 0 Å². The highest BCUT2D eigenvalue weighted by atomic mass is 16.2. The van der Waals surface area contributed by atoms with Gasteiger partial charge in [-0.15, -0.1) is 0 Å². The number of hydrogen-bond donors (Lipinski definition) is 1. The molecule has 1 aliphatic carbocycles. The summed E-state index contributed by atoms with van der Waals surface area (Å²) in [6, 6.07) is 11.8. The van der Waals surface area contributed by atoms with Crippen molar-refractivity contribution in [1.82, 2.24) is 4.90 Å². The maximum Gasteiger partial charge on any atom is 0.225 e. The molecule has 106 valence electrons. The summed E-state index contributed by atoms with van der Waals surface area (Å²) in [6.07, 6.45) is 4.36. The molecular weight excluding hydrogens is 250 g/mol. The molecule has 0 radical (unpaired) electrons. The fourth-order valence-corrected chi connectivity index (χ4v) is 2.79. The van der Waals surface area contributed by atoms with Gasteiger partial charge in [0.25, 0.3) is 0 Å². The van der Waals surface area contributed by atoms with E-state index < -0.39 is 0 Å². The van der Waals surface area contributed by atoms with Crippen LogP contribution in [-0.4, -0.2) is 22.9 Å². The summed E-state index contributed by atoms with van der Waals surface area (Å²) in [6.45, 7) is 0.590. The molecule has 1 aromatic carbocycles. The number of carbonyl (C=O) groups is 1. The van der Waals surface area contributed by atoms with Crippen LogP contribution < -0.4 is 5.73 Å². The molecule has 1 aromatic rings. The summed E-state index contributed by atoms with van der Waals surface area (Å²) in [5.74, 6) is -0.0141. The van der Waals surface area contributed by atoms with E-state index in [1.807, 2.05) is 30.3 Å². The molecule has 0 bridgehead atoms. The number of nitrogens with zero attached hydrogens (tertiary/aromatic N) is 2. The van der Waals surface area contributed by atoms with Gasteiger partial charge in [-0.2, -0.15) is 5.26 Å². The molecule has 1 amide bonds. The highest BCUT2D eigenvalue weighted by Crippen LogP contribution is 2.30. The van der Waals surface area contributed by atoms with Crippen LogP contribution >= 0.6 is 0 Å². The third-order valence-corrected chi connectivity index (χ3v) is 3.93. The van der Waals surface area contributed by atoms with Crippen molar-refractivity contribution < 1.29 is 4.79 Å². The smallest absolute Gasteiger partial charge is 0.225 e. The number of carbonyl (C=O) groups excluding carboxylic acids is 1. The Balaban J connectivity index is 2.00. The van der Waals surface area contributed by atoms with E-state index in [2.05, 4.69) is 6.07 Å². The van der Waals surface area contributed by atoms with Gasteiger partial charge < -0.3 is 10.6 Å². The van der Waals surface area contributed by atoms with Gasteiger partial charge in [-0.1, -0.05) is 43.2 Å². The number of amides is 1. The second-order valence-electron chi connectivity index (χ2n) is 5.64. The second-order valence-corrected chi connectivity index (χ2v) is 5.64. The molecule has 1 fully saturated rings. The largest absolute Gasteiger partial charge is 0.325 e. The highest BCUT2D eigenvalue weighted by Gasteiger charge is 2.33. The second kappa shape index (κ2) is 6.53. The monoisotopic (exact) mass is 271 g/mol. The third kappa shape index (κ3) is 3.82. The zero-order valence-electron chi connectivity index (χ0n) is 11.7. The Labute approximate surface area is 120 Å². The van der Waals surface area contributed by atoms with Crippen molar-refractivity contribution in [2.24, 2.45) is 5.73 Å². The molecule has 0 heterocycles. The summed E-state index contributed by atoms with van der Waals surface area (Å²) < 4.78 is 0. The summed E-state index contributed by atoms with van der Waals surface area (Å²) in [5.41, 5.74) is 6.93. The lowest BCUT2D eigenvalue weighted by molar-refractivity contribution is -0.132. The first-order valence-corrected chi connectivity index (χ1v) is 7.10. The van der Waals surface area contributed by atoms with Crippen LogP contribution in [0.5, 0.6) is 0 Å². The van der Waals surface area contributed by atoms with Crippen LogP contribution in [0.15, 0.2) is 30.3 Å². The van der Waals surface area contributed by atoms with Crippen LogP contribution in [0, 0.1) is 11.3 Å². The molecule has 2 N–H and O–H groups in total. The maximum absolute atomic E-state index is 12.4. The minimum absolute atomic E-state index is 0.0141. The van der Waals surface area contributed by atoms with E-state index in [9.17, 15) is 4.79 Å². The molecule has 20 heavy (non-hydrogen) atoms. The minimum atomic E-state index is -0.360. The van der Waals surface area contributed by atoms with Gasteiger partial charge in [0.05, 0.1) is 6.07 Å². The van der Waals surface area contributed by atoms with Gasteiger partial charge in [-0.25, -0.2) is 0 Å². The summed E-state index contributed by atoms with van der Waals surface area (Å²) in [7, 11) is 0. The Hall–Kier alpha value is -1.86. The van der Waals surface area contributed by atoms with Crippen LogP contribution in [-0.2, 0) is 11.3 Å². The molecule has 0 aliphatic heterocycles. The van der Waals surface area contributed by atoms with Crippen molar-refractivity contribution in [1.29, 1.82) is 5.26 Å². The molecule has 2 rings (SSSR count). The molecule has 0 atom stereocenters. The van der Waals surface area contributed by atoms with E-state index in [4.69, 9.17) is 11.0 Å². The Morgan fingerprint density at radius 2 is 1.95 bits per heavy atom. The lowest BCUT2D eigenvalue weighted by Gasteiger charge is -2.27. The molecular formula is C16H21N3O. The van der Waals surface area contributed by atoms with Crippen molar-refractivity contribution in [3.8, 4) is 6.07 Å². The average molecular weight is 271 g/mol. The third-order valence-electron chi connectivity index (χ3n) is 3.93. The van der Waals surface area contributed by atoms with Crippen LogP contribution in [0.2, 0.25) is 0 Å². The van der Waals surface area contributed by atoms with Crippen molar-refractivity contribution in [2.75, 3.05) is 6.54 Å². The van der Waals surface area contributed by atoms with Crippen LogP contribution in [0.1, 0.15) is 37.7 Å². The molecule has 4 heteroatoms. The quantitative estimate of drug-likeness (QED) is 0.835. The van der Waals surface area contributed by atoms with Crippen molar-refractivity contribution in [3.05, 3.63) is 35.9 Å². The van der Waals surface area contributed by atoms with Gasteiger partial charge in [-0.05, 0) is 18.4 Å². The number of nitriles is 1. The van der Waals surface area contributed by atoms with E-state index >= 15 is 0 Å². The molecule has 1 saturated carbocycles. The normalized spacial score (nSPS) is 16.6. The summed E-state index contributed by atoms with van der Waals surface area (Å²) in [4.78, 5) is 14.0. The Bertz CT molecular complexity index is 486. The minimum Gasteiger partial charge on any atom is -0.325 e. The molecule has 0 saturated heterocycles. The van der Waals surface area contributed by atoms with Gasteiger partial charge in [0, 0.05) is 18.5 Å². The van der Waals surface area contributed by atoms with E-state index in [-0.39, 0.29) is 18.0 Å². The molecule has 0 aromatic heterocycles. The first kappa shape index (κ1) is 14.5. The molecule has 1 aliphatic rings. The van der Waals surface area contributed by atoms with Crippen molar-refractivity contribution in [3.63, 3.8) is 0 Å². The van der Waals surface area contributed by atoms with Gasteiger partial charge in [-0.3, -0.25) is 4.79 Å². The van der Waals surface area contributed by atoms with E-state index in [0.717, 1.165) is 31.2 Å². The number of hydrogen-bond acceptors (Lipinski definition) is 3. The average Bonchev–Trinajstić information content (AvgIpc) is 2.86. The molecule has 4 nitrogen and oxygen atoms in total. The van der Waals surface area contributed by atoms with Gasteiger partial charge in [0.1, 0.15) is 6.54 Å². The zero-order valence-corrected chi connectivity index (χ0v) is 11.7. The van der Waals surface area contributed by atoms with Gasteiger partial charge in [0.2, 0.25) is 5.91 Å². The van der Waals surface area contributed by atoms with E-state index in [0.29, 0.717) is 13.0 Å². The predicted molar refractivity (Wildman–Crippen MR) is 77.5 cm³/mol. The van der Waals surface area contributed by atoms with Gasteiger partial charge >= 0.3 is 0 Å². The number of benzene rings is 1. The van der Waals surface area contributed by atoms with E-state index in [1.165, 1.54) is 0 Å². The van der Waals surface area contributed by atoms with Crippen LogP contribution in [0.4, 0.5) is 0 Å². The zero-order chi connectivity index (χ0) is 14.4. The standard InChI is InChI=1S/C16H21N3O/c17-10-11-19(13-14-6-2-1-3-7-14)15(20)12-16(18)8-4-5-9-16/h1-3,6-7H,4-5,8-9,11-13,18H2. The highest BCUT2D eigenvalue weighted by molar-refractivity contribution is 5.77. The van der Waals surface area contributed by atoms with Crippen LogP contribution in [0.3, 0.4) is 0 Å². The fourth-order valence-electron chi connectivity index (χ4n) is 2.79. The van der Waals surface area contributed by atoms with Crippen LogP contribution in [0.25, 0.3) is 0 Å². The van der Waals surface area contributed by atoms with Crippen molar-refractivity contribution in [2.45, 2.75) is 44.2 Å². The first-order chi connectivity index (χ1) is 9.63. The van der Waals surface area contributed by atoms with E-state index in [1.54, 1.807) is 4.90 Å². The lowest BCUT2D eigenvalue weighted by atomic mass is 9.94. The Kier molecular flexibility index (Phi) is 4.75. The lowest BCUT2D eigenvalue weighted by Crippen LogP contribution is -2.43. The topological polar surface area (TPSA) is 70.1 Å². The predicted octanol–water partition coefficient (Wildman–Crippen LogP) is 2.20. The molecule has 0 spiro atoms. The van der Waals surface area contributed by atoms with Crippen molar-refractivity contribution >= 4 is 5.91 Å². The first-order valence-electron chi connectivity index (χ1n) is 7.10. The Morgan fingerprint density at radius 1 is 1.30 bits per heavy atom. The summed E-state index contributed by atoms with van der Waals surface area (Å²) in [5, 5.41) is 8.91. The molecule has 0 unspecified atom stereocenters. The Morgan fingerprint density at radius 3 is 2.55 bits per heavy atom. The summed E-state index contributed by atoms with van der Waals surface area (Å²) >= 11 is 0. The SMILES string of the molecule is N#CCN(Cc1ccccc1)C(=O)CC1(N)CCCC1. The number of rotatable bonds is 5. The number of nitrogens with two attached hydrogens (primary N) is 1. The maximum atomic E-state index is 12.4.